The van der Waals surface area contributed by atoms with Crippen LogP contribution in [0.5, 0.6) is 0 Å². The Kier molecular flexibility index (Phi) is 6.71. The Labute approximate surface area is 126 Å². The van der Waals surface area contributed by atoms with Gasteiger partial charge in [-0.1, -0.05) is 31.5 Å². The van der Waals surface area contributed by atoms with Crippen LogP contribution in [0.1, 0.15) is 32.8 Å². The van der Waals surface area contributed by atoms with Gasteiger partial charge in [-0.05, 0) is 31.2 Å². The van der Waals surface area contributed by atoms with E-state index in [-0.39, 0.29) is 5.84 Å². The molecule has 0 fully saturated rings. The molecule has 0 aliphatic rings. The van der Waals surface area contributed by atoms with Gasteiger partial charge in [0.15, 0.2) is 5.84 Å². The van der Waals surface area contributed by atoms with E-state index in [1.54, 1.807) is 11.8 Å². The highest BCUT2D eigenvalue weighted by molar-refractivity contribution is 7.98. The molecule has 0 spiro atoms. The Bertz CT molecular complexity index is 462. The number of amidine groups is 1. The fourth-order valence-electron chi connectivity index (χ4n) is 2.16. The van der Waals surface area contributed by atoms with E-state index in [0.717, 1.165) is 35.7 Å². The molecule has 1 rings (SSSR count). The SMILES string of the molecule is CCC(C)CN(CC)c1cccc(SC)c1/C(N)=N/O. The van der Waals surface area contributed by atoms with Crippen molar-refractivity contribution in [2.75, 3.05) is 24.2 Å². The standard InChI is InChI=1S/C15H25N3OS/c1-5-11(3)10-18(6-2)12-8-7-9-13(20-4)14(12)15(16)17-19/h7-9,11,19H,5-6,10H2,1-4H3,(H2,16,17). The summed E-state index contributed by atoms with van der Waals surface area (Å²) in [4.78, 5) is 3.32. The molecule has 3 N–H and O–H groups in total. The van der Waals surface area contributed by atoms with Crippen molar-refractivity contribution in [2.24, 2.45) is 16.8 Å². The molecule has 0 amide bonds. The summed E-state index contributed by atoms with van der Waals surface area (Å²) in [6.45, 7) is 8.43. The van der Waals surface area contributed by atoms with Gasteiger partial charge in [0.05, 0.1) is 5.56 Å². The highest BCUT2D eigenvalue weighted by Gasteiger charge is 2.17. The lowest BCUT2D eigenvalue weighted by Gasteiger charge is -2.28. The summed E-state index contributed by atoms with van der Waals surface area (Å²) in [6, 6.07) is 6.06. The summed E-state index contributed by atoms with van der Waals surface area (Å²) in [6.07, 6.45) is 3.13. The smallest absolute Gasteiger partial charge is 0.173 e. The molecule has 1 atom stereocenters. The van der Waals surface area contributed by atoms with Crippen LogP contribution in [0.3, 0.4) is 0 Å². The van der Waals surface area contributed by atoms with E-state index in [1.807, 2.05) is 24.5 Å². The fourth-order valence-corrected chi connectivity index (χ4v) is 2.79. The van der Waals surface area contributed by atoms with Crippen LogP contribution in [0.4, 0.5) is 5.69 Å². The maximum absolute atomic E-state index is 9.05. The zero-order valence-electron chi connectivity index (χ0n) is 12.8. The summed E-state index contributed by atoms with van der Waals surface area (Å²) in [5, 5.41) is 12.2. The molecule has 1 aromatic carbocycles. The van der Waals surface area contributed by atoms with Gasteiger partial charge >= 0.3 is 0 Å². The predicted molar refractivity (Wildman–Crippen MR) is 88.1 cm³/mol. The normalized spacial score (nSPS) is 13.3. The van der Waals surface area contributed by atoms with Gasteiger partial charge in [0.2, 0.25) is 0 Å². The van der Waals surface area contributed by atoms with Gasteiger partial charge in [-0.2, -0.15) is 0 Å². The van der Waals surface area contributed by atoms with E-state index in [0.29, 0.717) is 5.92 Å². The van der Waals surface area contributed by atoms with Crippen molar-refractivity contribution in [3.05, 3.63) is 23.8 Å². The summed E-state index contributed by atoms with van der Waals surface area (Å²) >= 11 is 1.61. The van der Waals surface area contributed by atoms with Crippen LogP contribution >= 0.6 is 11.8 Å². The van der Waals surface area contributed by atoms with Crippen molar-refractivity contribution in [3.63, 3.8) is 0 Å². The van der Waals surface area contributed by atoms with Crippen LogP contribution in [0, 0.1) is 5.92 Å². The van der Waals surface area contributed by atoms with Crippen molar-refractivity contribution < 1.29 is 5.21 Å². The number of rotatable bonds is 7. The number of thioether (sulfide) groups is 1. The lowest BCUT2D eigenvalue weighted by molar-refractivity contribution is 0.318. The molecule has 0 aromatic heterocycles. The number of hydrogen-bond acceptors (Lipinski definition) is 4. The third-order valence-electron chi connectivity index (χ3n) is 3.54. The molecule has 1 unspecified atom stereocenters. The predicted octanol–water partition coefficient (Wildman–Crippen LogP) is 3.38. The monoisotopic (exact) mass is 295 g/mol. The first-order valence-electron chi connectivity index (χ1n) is 6.98. The molecule has 20 heavy (non-hydrogen) atoms. The number of oxime groups is 1. The highest BCUT2D eigenvalue weighted by Crippen LogP contribution is 2.30. The van der Waals surface area contributed by atoms with Crippen molar-refractivity contribution >= 4 is 23.3 Å². The first kappa shape index (κ1) is 16.7. The van der Waals surface area contributed by atoms with E-state index >= 15 is 0 Å². The zero-order chi connectivity index (χ0) is 15.1. The summed E-state index contributed by atoms with van der Waals surface area (Å²) < 4.78 is 0. The van der Waals surface area contributed by atoms with Gasteiger partial charge in [-0.25, -0.2) is 0 Å². The van der Waals surface area contributed by atoms with Crippen LogP contribution in [0.15, 0.2) is 28.3 Å². The van der Waals surface area contributed by atoms with Gasteiger partial charge in [0, 0.05) is 23.7 Å². The maximum Gasteiger partial charge on any atom is 0.173 e. The largest absolute Gasteiger partial charge is 0.409 e. The van der Waals surface area contributed by atoms with E-state index < -0.39 is 0 Å². The summed E-state index contributed by atoms with van der Waals surface area (Å²) in [5.74, 6) is 0.778. The van der Waals surface area contributed by atoms with Crippen LogP contribution in [0.25, 0.3) is 0 Å². The molecule has 112 valence electrons. The van der Waals surface area contributed by atoms with Gasteiger partial charge in [-0.3, -0.25) is 0 Å². The lowest BCUT2D eigenvalue weighted by atomic mass is 10.1. The Morgan fingerprint density at radius 1 is 1.45 bits per heavy atom. The molecule has 5 heteroatoms. The minimum Gasteiger partial charge on any atom is -0.409 e. The van der Waals surface area contributed by atoms with E-state index in [1.165, 1.54) is 0 Å². The molecule has 0 saturated carbocycles. The van der Waals surface area contributed by atoms with E-state index in [9.17, 15) is 0 Å². The molecule has 0 bridgehead atoms. The quantitative estimate of drug-likeness (QED) is 0.266. The molecule has 0 heterocycles. The second kappa shape index (κ2) is 8.04. The Hall–Kier alpha value is -1.36. The van der Waals surface area contributed by atoms with Crippen LogP contribution in [-0.4, -0.2) is 30.4 Å². The molecule has 0 aliphatic carbocycles. The highest BCUT2D eigenvalue weighted by atomic mass is 32.2. The van der Waals surface area contributed by atoms with E-state index in [2.05, 4.69) is 30.8 Å². The summed E-state index contributed by atoms with van der Waals surface area (Å²) in [7, 11) is 0. The number of hydrogen-bond donors (Lipinski definition) is 2. The number of nitrogens with two attached hydrogens (primary N) is 1. The average molecular weight is 295 g/mol. The molecular weight excluding hydrogens is 270 g/mol. The van der Waals surface area contributed by atoms with Gasteiger partial charge in [0.25, 0.3) is 0 Å². The average Bonchev–Trinajstić information content (AvgIpc) is 2.50. The van der Waals surface area contributed by atoms with Crippen molar-refractivity contribution in [1.29, 1.82) is 0 Å². The van der Waals surface area contributed by atoms with Gasteiger partial charge < -0.3 is 15.8 Å². The molecule has 4 nitrogen and oxygen atoms in total. The van der Waals surface area contributed by atoms with Crippen LogP contribution in [0.2, 0.25) is 0 Å². The second-order valence-corrected chi connectivity index (χ2v) is 5.74. The zero-order valence-corrected chi connectivity index (χ0v) is 13.6. The Balaban J connectivity index is 3.27. The van der Waals surface area contributed by atoms with Gasteiger partial charge in [-0.15, -0.1) is 11.8 Å². The Morgan fingerprint density at radius 2 is 2.15 bits per heavy atom. The first-order chi connectivity index (χ1) is 9.58. The van der Waals surface area contributed by atoms with Crippen molar-refractivity contribution in [1.82, 2.24) is 0 Å². The second-order valence-electron chi connectivity index (χ2n) is 4.89. The van der Waals surface area contributed by atoms with Gasteiger partial charge in [0.1, 0.15) is 0 Å². The van der Waals surface area contributed by atoms with E-state index in [4.69, 9.17) is 10.9 Å². The van der Waals surface area contributed by atoms with Crippen molar-refractivity contribution in [3.8, 4) is 0 Å². The topological polar surface area (TPSA) is 61.8 Å². The molecule has 0 aliphatic heterocycles. The fraction of sp³-hybridized carbons (Fsp3) is 0.533. The Morgan fingerprint density at radius 3 is 2.65 bits per heavy atom. The third-order valence-corrected chi connectivity index (χ3v) is 4.32. The number of anilines is 1. The number of benzene rings is 1. The molecule has 1 aromatic rings. The summed E-state index contributed by atoms with van der Waals surface area (Å²) in [5.41, 5.74) is 7.75. The minimum atomic E-state index is 0.174. The maximum atomic E-state index is 9.05. The van der Waals surface area contributed by atoms with Crippen molar-refractivity contribution in [2.45, 2.75) is 32.1 Å². The number of nitrogens with zero attached hydrogens (tertiary/aromatic N) is 2. The first-order valence-corrected chi connectivity index (χ1v) is 8.21. The minimum absolute atomic E-state index is 0.174. The van der Waals surface area contributed by atoms with Crippen LogP contribution < -0.4 is 10.6 Å². The molecular formula is C15H25N3OS. The molecule has 0 radical (unpaired) electrons. The lowest BCUT2D eigenvalue weighted by Crippen LogP contribution is -2.31. The third kappa shape index (κ3) is 3.82. The van der Waals surface area contributed by atoms with Crippen LogP contribution in [-0.2, 0) is 0 Å². The molecule has 0 saturated heterocycles.